The molecule has 0 radical (unpaired) electrons. The van der Waals surface area contributed by atoms with Crippen molar-refractivity contribution in [1.29, 1.82) is 0 Å². The summed E-state index contributed by atoms with van der Waals surface area (Å²) in [6.45, 7) is 9.98. The van der Waals surface area contributed by atoms with Gasteiger partial charge in [-0.25, -0.2) is 0 Å². The second-order valence-electron chi connectivity index (χ2n) is 7.58. The normalized spacial score (nSPS) is 46.3. The van der Waals surface area contributed by atoms with Gasteiger partial charge in [0.25, 0.3) is 0 Å². The van der Waals surface area contributed by atoms with Gasteiger partial charge in [0.1, 0.15) is 0 Å². The van der Waals surface area contributed by atoms with Crippen LogP contribution in [-0.4, -0.2) is 23.9 Å². The van der Waals surface area contributed by atoms with Crippen LogP contribution < -0.4 is 0 Å². The van der Waals surface area contributed by atoms with E-state index in [0.717, 1.165) is 18.9 Å². The molecule has 1 saturated carbocycles. The summed E-state index contributed by atoms with van der Waals surface area (Å²) in [4.78, 5) is 0. The summed E-state index contributed by atoms with van der Waals surface area (Å²) in [6, 6.07) is 0. The van der Waals surface area contributed by atoms with E-state index in [1.807, 2.05) is 0 Å². The molecular weight excluding hydrogens is 248 g/mol. The van der Waals surface area contributed by atoms with Crippen LogP contribution in [0.2, 0.25) is 0 Å². The minimum Gasteiger partial charge on any atom is -0.369 e. The highest BCUT2D eigenvalue weighted by Gasteiger charge is 2.69. The summed E-state index contributed by atoms with van der Waals surface area (Å²) in [5.41, 5.74) is 1.66. The van der Waals surface area contributed by atoms with E-state index in [0.29, 0.717) is 12.0 Å². The maximum Gasteiger partial charge on any atom is 0.0982 e. The number of rotatable bonds is 5. The molecule has 0 amide bonds. The summed E-state index contributed by atoms with van der Waals surface area (Å²) in [5.74, 6) is 1.43. The first-order valence-corrected chi connectivity index (χ1v) is 8.47. The van der Waals surface area contributed by atoms with Crippen molar-refractivity contribution in [1.82, 2.24) is 0 Å². The van der Waals surface area contributed by atoms with Crippen molar-refractivity contribution in [2.45, 2.75) is 83.5 Å². The smallest absolute Gasteiger partial charge is 0.0982 e. The van der Waals surface area contributed by atoms with Crippen LogP contribution >= 0.6 is 0 Å². The molecule has 2 saturated heterocycles. The highest BCUT2D eigenvalue weighted by Crippen LogP contribution is 2.61. The molecule has 1 aliphatic carbocycles. The van der Waals surface area contributed by atoms with E-state index in [-0.39, 0.29) is 11.2 Å². The molecule has 2 nitrogen and oxygen atoms in total. The third-order valence-corrected chi connectivity index (χ3v) is 5.72. The molecule has 1 spiro atoms. The predicted molar refractivity (Wildman–Crippen MR) is 81.7 cm³/mol. The van der Waals surface area contributed by atoms with Crippen molar-refractivity contribution in [3.8, 4) is 0 Å². The Bertz CT molecular complexity index is 390. The van der Waals surface area contributed by atoms with E-state index < -0.39 is 0 Å². The summed E-state index contributed by atoms with van der Waals surface area (Å²) in [6.07, 6.45) is 10.4. The molecule has 0 aromatic heterocycles. The van der Waals surface area contributed by atoms with Crippen LogP contribution in [0.25, 0.3) is 0 Å². The van der Waals surface area contributed by atoms with Gasteiger partial charge in [0.05, 0.1) is 23.9 Å². The SMILES string of the molecule is CCC[C@@H]1CCC[C@]2(CO2)[C@H]1[C@@]1(C)OC1CC=C(C)C. The average Bonchev–Trinajstić information content (AvgIpc) is 3.28. The zero-order chi connectivity index (χ0) is 14.4. The molecule has 2 heteroatoms. The Hall–Kier alpha value is -0.340. The monoisotopic (exact) mass is 278 g/mol. The maximum absolute atomic E-state index is 6.22. The van der Waals surface area contributed by atoms with E-state index in [4.69, 9.17) is 9.47 Å². The predicted octanol–water partition coefficient (Wildman–Crippen LogP) is 4.49. The Morgan fingerprint density at radius 3 is 2.70 bits per heavy atom. The first-order chi connectivity index (χ1) is 9.52. The van der Waals surface area contributed by atoms with Gasteiger partial charge in [0.15, 0.2) is 0 Å². The molecule has 3 aliphatic rings. The molecule has 20 heavy (non-hydrogen) atoms. The largest absolute Gasteiger partial charge is 0.369 e. The number of allylic oxidation sites excluding steroid dienone is 1. The summed E-state index contributed by atoms with van der Waals surface area (Å²) < 4.78 is 12.2. The number of hydrogen-bond acceptors (Lipinski definition) is 2. The number of epoxide rings is 2. The summed E-state index contributed by atoms with van der Waals surface area (Å²) >= 11 is 0. The van der Waals surface area contributed by atoms with Crippen molar-refractivity contribution < 1.29 is 9.47 Å². The van der Waals surface area contributed by atoms with E-state index >= 15 is 0 Å². The fraction of sp³-hybridized carbons (Fsp3) is 0.889. The maximum atomic E-state index is 6.22. The molecule has 0 N–H and O–H groups in total. The lowest BCUT2D eigenvalue weighted by molar-refractivity contribution is 0.0361. The molecule has 0 bridgehead atoms. The van der Waals surface area contributed by atoms with Crippen molar-refractivity contribution in [2.24, 2.45) is 11.8 Å². The zero-order valence-corrected chi connectivity index (χ0v) is 13.6. The minimum atomic E-state index is 0.0721. The number of hydrogen-bond donors (Lipinski definition) is 0. The molecule has 5 atom stereocenters. The standard InChI is InChI=1S/C18H30O2/c1-5-7-14-8-6-11-18(12-19-18)16(14)17(4)15(20-17)10-9-13(2)3/h9,14-16H,5-8,10-12H2,1-4H3/t14-,15?,16-,17+,18+/m1/s1. The van der Waals surface area contributed by atoms with Gasteiger partial charge < -0.3 is 9.47 Å². The van der Waals surface area contributed by atoms with Crippen LogP contribution in [0.1, 0.15) is 66.2 Å². The van der Waals surface area contributed by atoms with Crippen LogP contribution in [-0.2, 0) is 9.47 Å². The molecular formula is C18H30O2. The zero-order valence-electron chi connectivity index (χ0n) is 13.6. The Morgan fingerprint density at radius 2 is 2.10 bits per heavy atom. The van der Waals surface area contributed by atoms with E-state index in [1.54, 1.807) is 0 Å². The van der Waals surface area contributed by atoms with Crippen molar-refractivity contribution in [3.63, 3.8) is 0 Å². The molecule has 3 fully saturated rings. The van der Waals surface area contributed by atoms with Gasteiger partial charge >= 0.3 is 0 Å². The van der Waals surface area contributed by atoms with Crippen molar-refractivity contribution >= 4 is 0 Å². The second-order valence-corrected chi connectivity index (χ2v) is 7.58. The third-order valence-electron chi connectivity index (χ3n) is 5.72. The van der Waals surface area contributed by atoms with Crippen LogP contribution in [0, 0.1) is 11.8 Å². The topological polar surface area (TPSA) is 25.1 Å². The van der Waals surface area contributed by atoms with Crippen LogP contribution in [0.3, 0.4) is 0 Å². The summed E-state index contributed by atoms with van der Waals surface area (Å²) in [5, 5.41) is 0. The van der Waals surface area contributed by atoms with Gasteiger partial charge in [-0.1, -0.05) is 37.8 Å². The molecule has 0 aromatic rings. The molecule has 2 aliphatic heterocycles. The lowest BCUT2D eigenvalue weighted by Gasteiger charge is -2.39. The molecule has 1 unspecified atom stereocenters. The molecule has 3 rings (SSSR count). The van der Waals surface area contributed by atoms with Gasteiger partial charge in [-0.05, 0) is 46.0 Å². The van der Waals surface area contributed by atoms with E-state index in [9.17, 15) is 0 Å². The Balaban J connectivity index is 1.74. The second kappa shape index (κ2) is 5.14. The van der Waals surface area contributed by atoms with Gasteiger partial charge in [0, 0.05) is 5.92 Å². The van der Waals surface area contributed by atoms with Gasteiger partial charge in [-0.15, -0.1) is 0 Å². The first kappa shape index (κ1) is 14.6. The van der Waals surface area contributed by atoms with Crippen molar-refractivity contribution in [3.05, 3.63) is 11.6 Å². The lowest BCUT2D eigenvalue weighted by Crippen LogP contribution is -2.45. The fourth-order valence-electron chi connectivity index (χ4n) is 4.67. The van der Waals surface area contributed by atoms with Gasteiger partial charge in [-0.2, -0.15) is 0 Å². The Morgan fingerprint density at radius 1 is 1.35 bits per heavy atom. The average molecular weight is 278 g/mol. The first-order valence-electron chi connectivity index (χ1n) is 8.47. The molecule has 2 heterocycles. The number of ether oxygens (including phenoxy) is 2. The van der Waals surface area contributed by atoms with Gasteiger partial charge in [0.2, 0.25) is 0 Å². The van der Waals surface area contributed by atoms with Gasteiger partial charge in [-0.3, -0.25) is 0 Å². The quantitative estimate of drug-likeness (QED) is 0.547. The third kappa shape index (κ3) is 2.46. The Labute approximate surface area is 123 Å². The minimum absolute atomic E-state index is 0.0721. The van der Waals surface area contributed by atoms with Crippen LogP contribution in [0.15, 0.2) is 11.6 Å². The van der Waals surface area contributed by atoms with Crippen molar-refractivity contribution in [2.75, 3.05) is 6.61 Å². The summed E-state index contributed by atoms with van der Waals surface area (Å²) in [7, 11) is 0. The van der Waals surface area contributed by atoms with Crippen LogP contribution in [0.5, 0.6) is 0 Å². The Kier molecular flexibility index (Phi) is 3.75. The highest BCUT2D eigenvalue weighted by molar-refractivity contribution is 5.18. The fourth-order valence-corrected chi connectivity index (χ4v) is 4.67. The van der Waals surface area contributed by atoms with E-state index in [2.05, 4.69) is 33.8 Å². The molecule has 0 aromatic carbocycles. The molecule has 114 valence electrons. The van der Waals surface area contributed by atoms with Crippen LogP contribution in [0.4, 0.5) is 0 Å². The highest BCUT2D eigenvalue weighted by atomic mass is 16.6. The van der Waals surface area contributed by atoms with E-state index in [1.165, 1.54) is 37.7 Å². The lowest BCUT2D eigenvalue weighted by atomic mass is 9.64.